The predicted octanol–water partition coefficient (Wildman–Crippen LogP) is 17.8. The fraction of sp³-hybridized carbons (Fsp3) is 0.948. The maximum Gasteiger partial charge on any atom is 0.472 e. The van der Waals surface area contributed by atoms with Gasteiger partial charge in [0, 0.05) is 6.42 Å². The van der Waals surface area contributed by atoms with Crippen molar-refractivity contribution in [1.29, 1.82) is 0 Å². The highest BCUT2D eigenvalue weighted by Gasteiger charge is 2.27. The Balaban J connectivity index is 3.92. The number of hydrogen-bond acceptors (Lipinski definition) is 5. The van der Waals surface area contributed by atoms with E-state index in [1.807, 2.05) is 27.2 Å². The smallest absolute Gasteiger partial charge is 0.387 e. The van der Waals surface area contributed by atoms with Gasteiger partial charge in [-0.15, -0.1) is 0 Å². The molecule has 0 fully saturated rings. The quantitative estimate of drug-likeness (QED) is 0.0243. The van der Waals surface area contributed by atoms with E-state index in [1.54, 1.807) is 6.08 Å². The highest BCUT2D eigenvalue weighted by molar-refractivity contribution is 7.47. The van der Waals surface area contributed by atoms with Gasteiger partial charge in [-0.05, 0) is 19.3 Å². The molecular weight excluding hydrogens is 852 g/mol. The van der Waals surface area contributed by atoms with Gasteiger partial charge in [0.25, 0.3) is 0 Å². The SMILES string of the molecule is CCCCCCCCCCCC/C=C/C(O)C(COP(=O)(O)OCC[N+](C)(C)C)NC(=O)CCCCCCCCCCCCCCCCCCCCCCCCCCCCCCCCCCC. The molecular formula is C58H118N2O6P+. The number of hydrogen-bond donors (Lipinski definition) is 3. The second-order valence-corrected chi connectivity index (χ2v) is 23.2. The van der Waals surface area contributed by atoms with Crippen LogP contribution >= 0.6 is 7.82 Å². The van der Waals surface area contributed by atoms with E-state index in [1.165, 1.54) is 244 Å². The van der Waals surface area contributed by atoms with Crippen molar-refractivity contribution in [3.05, 3.63) is 12.2 Å². The third-order valence-electron chi connectivity index (χ3n) is 13.8. The number of nitrogens with zero attached hydrogens (tertiary/aromatic N) is 1. The first-order valence-electron chi connectivity index (χ1n) is 29.6. The fourth-order valence-electron chi connectivity index (χ4n) is 9.10. The van der Waals surface area contributed by atoms with Crippen molar-refractivity contribution in [1.82, 2.24) is 5.32 Å². The topological polar surface area (TPSA) is 105 Å². The van der Waals surface area contributed by atoms with Crippen LogP contribution in [0.15, 0.2) is 12.2 Å². The summed E-state index contributed by atoms with van der Waals surface area (Å²) in [6.45, 7) is 4.85. The normalized spacial score (nSPS) is 14.0. The summed E-state index contributed by atoms with van der Waals surface area (Å²) >= 11 is 0. The van der Waals surface area contributed by atoms with Gasteiger partial charge >= 0.3 is 7.82 Å². The predicted molar refractivity (Wildman–Crippen MR) is 291 cm³/mol. The monoisotopic (exact) mass is 970 g/mol. The average molecular weight is 971 g/mol. The molecule has 0 radical (unpaired) electrons. The molecule has 3 N–H and O–H groups in total. The zero-order valence-corrected chi connectivity index (χ0v) is 46.6. The van der Waals surface area contributed by atoms with E-state index in [-0.39, 0.29) is 19.1 Å². The Morgan fingerprint density at radius 2 is 0.791 bits per heavy atom. The van der Waals surface area contributed by atoms with Gasteiger partial charge in [-0.25, -0.2) is 4.57 Å². The van der Waals surface area contributed by atoms with Crippen molar-refractivity contribution in [3.63, 3.8) is 0 Å². The number of rotatable bonds is 55. The van der Waals surface area contributed by atoms with Gasteiger partial charge in [0.2, 0.25) is 5.91 Å². The minimum atomic E-state index is -4.34. The maximum atomic E-state index is 12.9. The lowest BCUT2D eigenvalue weighted by molar-refractivity contribution is -0.870. The van der Waals surface area contributed by atoms with Gasteiger partial charge in [-0.3, -0.25) is 13.8 Å². The van der Waals surface area contributed by atoms with Gasteiger partial charge in [-0.2, -0.15) is 0 Å². The van der Waals surface area contributed by atoms with Gasteiger partial charge in [-0.1, -0.05) is 289 Å². The lowest BCUT2D eigenvalue weighted by Gasteiger charge is -2.25. The molecule has 0 saturated carbocycles. The van der Waals surface area contributed by atoms with Crippen LogP contribution in [0, 0.1) is 0 Å². The van der Waals surface area contributed by atoms with Crippen molar-refractivity contribution in [3.8, 4) is 0 Å². The molecule has 0 aromatic heterocycles. The lowest BCUT2D eigenvalue weighted by Crippen LogP contribution is -2.45. The Labute approximate surface area is 418 Å². The second-order valence-electron chi connectivity index (χ2n) is 21.7. The number of aliphatic hydroxyl groups is 1. The van der Waals surface area contributed by atoms with Crippen LogP contribution in [-0.2, 0) is 18.4 Å². The Morgan fingerprint density at radius 3 is 1.10 bits per heavy atom. The molecule has 3 unspecified atom stereocenters. The number of amides is 1. The van der Waals surface area contributed by atoms with Crippen LogP contribution in [0.5, 0.6) is 0 Å². The van der Waals surface area contributed by atoms with Crippen molar-refractivity contribution in [2.45, 2.75) is 315 Å². The molecule has 0 heterocycles. The van der Waals surface area contributed by atoms with Gasteiger partial charge < -0.3 is 19.8 Å². The largest absolute Gasteiger partial charge is 0.472 e. The molecule has 67 heavy (non-hydrogen) atoms. The molecule has 0 aliphatic rings. The minimum absolute atomic E-state index is 0.0648. The molecule has 0 rings (SSSR count). The molecule has 1 amide bonds. The van der Waals surface area contributed by atoms with E-state index in [0.29, 0.717) is 17.4 Å². The van der Waals surface area contributed by atoms with E-state index in [4.69, 9.17) is 9.05 Å². The number of nitrogens with one attached hydrogen (secondary N) is 1. The highest BCUT2D eigenvalue weighted by atomic mass is 31.2. The first-order chi connectivity index (χ1) is 32.5. The van der Waals surface area contributed by atoms with E-state index in [2.05, 4.69) is 19.2 Å². The van der Waals surface area contributed by atoms with Crippen LogP contribution in [0.4, 0.5) is 0 Å². The number of likely N-dealkylation sites (N-methyl/N-ethyl adjacent to an activating group) is 1. The molecule has 0 aromatic carbocycles. The zero-order chi connectivity index (χ0) is 49.2. The molecule has 0 spiro atoms. The van der Waals surface area contributed by atoms with Crippen molar-refractivity contribution in [2.24, 2.45) is 0 Å². The summed E-state index contributed by atoms with van der Waals surface area (Å²) in [7, 11) is 1.59. The number of phosphoric acid groups is 1. The number of carbonyl (C=O) groups is 1. The third kappa shape index (κ3) is 52.9. The summed E-state index contributed by atoms with van der Waals surface area (Å²) < 4.78 is 23.6. The van der Waals surface area contributed by atoms with E-state index < -0.39 is 20.0 Å². The van der Waals surface area contributed by atoms with Crippen molar-refractivity contribution in [2.75, 3.05) is 40.9 Å². The number of carbonyl (C=O) groups excluding carboxylic acids is 1. The lowest BCUT2D eigenvalue weighted by atomic mass is 10.0. The van der Waals surface area contributed by atoms with Crippen LogP contribution < -0.4 is 5.32 Å². The van der Waals surface area contributed by atoms with Crippen molar-refractivity contribution >= 4 is 13.7 Å². The number of phosphoric ester groups is 1. The number of unbranched alkanes of at least 4 members (excludes halogenated alkanes) is 42. The zero-order valence-electron chi connectivity index (χ0n) is 45.7. The van der Waals surface area contributed by atoms with Gasteiger partial charge in [0.15, 0.2) is 0 Å². The van der Waals surface area contributed by atoms with Crippen LogP contribution in [0.3, 0.4) is 0 Å². The Kier molecular flexibility index (Phi) is 49.6. The Bertz CT molecular complexity index is 1100. The van der Waals surface area contributed by atoms with Crippen LogP contribution in [-0.4, -0.2) is 73.4 Å². The molecule has 0 aromatic rings. The maximum absolute atomic E-state index is 12.9. The molecule has 8 nitrogen and oxygen atoms in total. The second kappa shape index (κ2) is 50.2. The fourth-order valence-corrected chi connectivity index (χ4v) is 9.84. The summed E-state index contributed by atoms with van der Waals surface area (Å²) in [6.07, 6.45) is 62.0. The van der Waals surface area contributed by atoms with E-state index in [9.17, 15) is 19.4 Å². The number of allylic oxidation sites excluding steroid dienone is 1. The number of aliphatic hydroxyl groups excluding tert-OH is 1. The number of quaternary nitrogens is 1. The van der Waals surface area contributed by atoms with E-state index in [0.717, 1.165) is 38.5 Å². The Morgan fingerprint density at radius 1 is 0.493 bits per heavy atom. The molecule has 3 atom stereocenters. The van der Waals surface area contributed by atoms with Gasteiger partial charge in [0.05, 0.1) is 39.9 Å². The summed E-state index contributed by atoms with van der Waals surface area (Å²) in [5.41, 5.74) is 0. The Hall–Kier alpha value is -0.760. The van der Waals surface area contributed by atoms with Crippen LogP contribution in [0.1, 0.15) is 303 Å². The summed E-state index contributed by atoms with van der Waals surface area (Å²) in [5.74, 6) is -0.171. The van der Waals surface area contributed by atoms with Crippen molar-refractivity contribution < 1.29 is 32.9 Å². The van der Waals surface area contributed by atoms with Crippen LogP contribution in [0.2, 0.25) is 0 Å². The standard InChI is InChI=1S/C58H117N2O6P/c1-6-8-10-12-14-16-18-20-21-22-23-24-25-26-27-28-29-30-31-32-33-34-35-36-37-38-39-40-42-44-46-48-50-52-58(62)59-56(55-66-67(63,64)65-54-53-60(3,4)5)57(61)51-49-47-45-43-41-19-17-15-13-11-9-7-2/h49,51,56-57,61H,6-48,50,52-55H2,1-5H3,(H-,59,62,63,64)/p+1/b51-49+. The first kappa shape index (κ1) is 66.2. The average Bonchev–Trinajstić information content (AvgIpc) is 3.29. The minimum Gasteiger partial charge on any atom is -0.387 e. The molecule has 0 aliphatic carbocycles. The summed E-state index contributed by atoms with van der Waals surface area (Å²) in [4.78, 5) is 23.2. The van der Waals surface area contributed by atoms with Crippen LogP contribution in [0.25, 0.3) is 0 Å². The first-order valence-corrected chi connectivity index (χ1v) is 31.1. The van der Waals surface area contributed by atoms with Gasteiger partial charge in [0.1, 0.15) is 13.2 Å². The molecule has 0 aliphatic heterocycles. The van der Waals surface area contributed by atoms with E-state index >= 15 is 0 Å². The molecule has 0 saturated heterocycles. The molecule has 0 bridgehead atoms. The highest BCUT2D eigenvalue weighted by Crippen LogP contribution is 2.43. The molecule has 9 heteroatoms. The molecule has 400 valence electrons. The summed E-state index contributed by atoms with van der Waals surface area (Å²) in [6, 6.07) is -0.841. The third-order valence-corrected chi connectivity index (χ3v) is 14.7. The summed E-state index contributed by atoms with van der Waals surface area (Å²) in [5, 5.41) is 13.9.